The van der Waals surface area contributed by atoms with Crippen LogP contribution in [0.25, 0.3) is 0 Å². The molecule has 16 nitrogen and oxygen atoms in total. The molecule has 20 heteroatoms. The molecule has 2 aromatic heterocycles. The lowest BCUT2D eigenvalue weighted by Crippen LogP contribution is -2.54. The molecule has 39 heavy (non-hydrogen) atoms. The topological polar surface area (TPSA) is 228 Å². The van der Waals surface area contributed by atoms with Crippen LogP contribution in [0.2, 0.25) is 0 Å². The zero-order chi connectivity index (χ0) is 27.4. The number of thiazole rings is 1. The van der Waals surface area contributed by atoms with Crippen LogP contribution >= 0.6 is 47.3 Å². The fourth-order valence-corrected chi connectivity index (χ4v) is 6.15. The number of halogens is 1. The second-order valence-corrected chi connectivity index (χ2v) is 10.4. The molecule has 2 unspecified atom stereocenters. The largest absolute Gasteiger partial charge is 0.479 e. The first-order valence-corrected chi connectivity index (χ1v) is 13.3. The van der Waals surface area contributed by atoms with Gasteiger partial charge in [-0.05, 0) is 16.0 Å². The van der Waals surface area contributed by atoms with Crippen molar-refractivity contribution >= 4 is 81.9 Å². The van der Waals surface area contributed by atoms with E-state index in [-0.39, 0.29) is 56.8 Å². The van der Waals surface area contributed by atoms with Gasteiger partial charge in [0.15, 0.2) is 17.0 Å². The Hall–Kier alpha value is -3.86. The highest BCUT2D eigenvalue weighted by molar-refractivity contribution is 8.00. The summed E-state index contributed by atoms with van der Waals surface area (Å²) in [6, 6.07) is 0. The number of β-lactam (4-membered cyclic amide) rings is 1. The van der Waals surface area contributed by atoms with E-state index in [1.54, 1.807) is 0 Å². The van der Waals surface area contributed by atoms with Crippen LogP contribution in [0.5, 0.6) is 0 Å². The van der Waals surface area contributed by atoms with E-state index < -0.39 is 30.6 Å². The van der Waals surface area contributed by atoms with Crippen LogP contribution in [0, 0.1) is 12.3 Å². The molecule has 4 rings (SSSR count). The number of aliphatic carboxylic acids is 2. The number of tetrazole rings is 1. The smallest absolute Gasteiger partial charge is 0.352 e. The molecule has 4 heterocycles. The summed E-state index contributed by atoms with van der Waals surface area (Å²) in [4.78, 5) is 57.5. The number of nitrogens with one attached hydrogen (secondary N) is 1. The molecule has 0 spiro atoms. The summed E-state index contributed by atoms with van der Waals surface area (Å²) in [5.74, 6) is -0.759. The molecule has 5 N–H and O–H groups in total. The summed E-state index contributed by atoms with van der Waals surface area (Å²) in [5, 5.41) is 37.3. The molecule has 2 aliphatic heterocycles. The van der Waals surface area contributed by atoms with E-state index in [1.165, 1.54) is 22.0 Å². The number of anilines is 1. The van der Waals surface area contributed by atoms with E-state index in [4.69, 9.17) is 22.1 Å². The number of terminal acetylenes is 1. The van der Waals surface area contributed by atoms with E-state index in [1.807, 2.05) is 0 Å². The lowest BCUT2D eigenvalue weighted by molar-refractivity contribution is -0.146. The normalized spacial score (nSPS) is 17.3. The summed E-state index contributed by atoms with van der Waals surface area (Å²) in [5.41, 5.74) is 5.73. The van der Waals surface area contributed by atoms with Gasteiger partial charge >= 0.3 is 11.9 Å². The predicted molar refractivity (Wildman–Crippen MR) is 141 cm³/mol. The maximum atomic E-state index is 13.0. The maximum absolute atomic E-state index is 13.0. The minimum Gasteiger partial charge on any atom is -0.479 e. The van der Waals surface area contributed by atoms with Crippen molar-refractivity contribution in [3.63, 3.8) is 0 Å². The van der Waals surface area contributed by atoms with E-state index in [9.17, 15) is 24.3 Å². The fraction of sp³-hybridized carbons (Fsp3) is 0.316. The van der Waals surface area contributed by atoms with Gasteiger partial charge in [-0.15, -0.1) is 47.0 Å². The molecule has 2 amide bonds. The highest BCUT2D eigenvalue weighted by atomic mass is 35.5. The van der Waals surface area contributed by atoms with Crippen molar-refractivity contribution in [2.24, 2.45) is 5.16 Å². The molecule has 2 atom stereocenters. The number of hydrogen-bond acceptors (Lipinski definition) is 14. The number of carboxylic acid groups (broad SMARTS) is 2. The third-order valence-corrected chi connectivity index (χ3v) is 7.94. The maximum Gasteiger partial charge on any atom is 0.352 e. The molecular weight excluding hydrogens is 598 g/mol. The summed E-state index contributed by atoms with van der Waals surface area (Å²) >= 11 is 3.55. The number of hydrogen-bond donors (Lipinski definition) is 4. The molecule has 1 saturated heterocycles. The van der Waals surface area contributed by atoms with Crippen LogP contribution in [0.1, 0.15) is 18.3 Å². The SMILES string of the molecule is C#CC(NC(=O)/C(=N/OCC(=O)O)c1csc(N)n1)n1nnnc1SCC1=C(C(=O)O)N2C(=O)CC2SC1.Cl. The van der Waals surface area contributed by atoms with Gasteiger partial charge in [0.2, 0.25) is 17.7 Å². The number of carbonyl (C=O) groups is 4. The molecule has 0 aromatic carbocycles. The van der Waals surface area contributed by atoms with Crippen LogP contribution in [0.3, 0.4) is 0 Å². The minimum absolute atomic E-state index is 0. The lowest BCUT2D eigenvalue weighted by atomic mass is 10.1. The van der Waals surface area contributed by atoms with Crippen molar-refractivity contribution in [3.05, 3.63) is 22.3 Å². The quantitative estimate of drug-likeness (QED) is 0.0830. The second-order valence-electron chi connectivity index (χ2n) is 7.41. The summed E-state index contributed by atoms with van der Waals surface area (Å²) in [6.07, 6.45) is 4.68. The van der Waals surface area contributed by atoms with Crippen molar-refractivity contribution in [1.82, 2.24) is 35.4 Å². The van der Waals surface area contributed by atoms with Gasteiger partial charge in [0.1, 0.15) is 11.4 Å². The number of amides is 2. The molecular formula is C19H18ClN9O7S3. The number of nitrogens with zero attached hydrogens (tertiary/aromatic N) is 7. The molecule has 0 saturated carbocycles. The highest BCUT2D eigenvalue weighted by Gasteiger charge is 2.45. The van der Waals surface area contributed by atoms with E-state index in [0.29, 0.717) is 17.7 Å². The van der Waals surface area contributed by atoms with Gasteiger partial charge in [-0.25, -0.2) is 14.6 Å². The number of carboxylic acids is 2. The minimum atomic E-state index is -1.31. The van der Waals surface area contributed by atoms with E-state index in [2.05, 4.69) is 36.9 Å². The number of thioether (sulfide) groups is 2. The third-order valence-electron chi connectivity index (χ3n) is 4.97. The first kappa shape index (κ1) is 29.7. The number of nitrogen functional groups attached to an aromatic ring is 1. The van der Waals surface area contributed by atoms with Crippen molar-refractivity contribution in [2.75, 3.05) is 23.8 Å². The Balaban J connectivity index is 0.00000420. The molecule has 2 aliphatic rings. The Morgan fingerprint density at radius 3 is 2.79 bits per heavy atom. The average molecular weight is 616 g/mol. The summed E-state index contributed by atoms with van der Waals surface area (Å²) in [7, 11) is 0. The standard InChI is InChI=1S/C19H17N9O7S3.ClH/c1-2-10(22-16(32)14(24-35-4-13(30)31)9-7-37-18(20)21-9)28-19(23-25-26-28)38-6-8-5-36-12-3-11(29)27(12)15(8)17(33)34;/h1,7,10,12H,3-6H2,(H2,20,21)(H,22,32)(H,30,31)(H,33,34);1H/b24-14+;. The van der Waals surface area contributed by atoms with E-state index in [0.717, 1.165) is 27.8 Å². The lowest BCUT2D eigenvalue weighted by Gasteiger charge is -2.43. The van der Waals surface area contributed by atoms with Crippen LogP contribution in [-0.4, -0.2) is 93.3 Å². The Morgan fingerprint density at radius 2 is 2.18 bits per heavy atom. The number of carbonyl (C=O) groups excluding carboxylic acids is 2. The first-order valence-electron chi connectivity index (χ1n) is 10.4. The predicted octanol–water partition coefficient (Wildman–Crippen LogP) is -0.377. The fourth-order valence-electron chi connectivity index (χ4n) is 3.30. The van der Waals surface area contributed by atoms with Gasteiger partial charge in [0, 0.05) is 16.9 Å². The first-order chi connectivity index (χ1) is 18.2. The molecule has 0 bridgehead atoms. The summed E-state index contributed by atoms with van der Waals surface area (Å²) < 4.78 is 1.13. The zero-order valence-electron chi connectivity index (χ0n) is 19.4. The number of nitrogens with two attached hydrogens (primary N) is 1. The van der Waals surface area contributed by atoms with Crippen molar-refractivity contribution < 1.29 is 34.2 Å². The van der Waals surface area contributed by atoms with Gasteiger partial charge < -0.3 is 26.1 Å². The molecule has 2 aromatic rings. The Labute approximate surface area is 237 Å². The second kappa shape index (κ2) is 12.8. The Kier molecular flexibility index (Phi) is 9.74. The van der Waals surface area contributed by atoms with Crippen LogP contribution in [0.15, 0.2) is 27.0 Å². The van der Waals surface area contributed by atoms with Crippen molar-refractivity contribution in [2.45, 2.75) is 23.1 Å². The van der Waals surface area contributed by atoms with Gasteiger partial charge in [0.25, 0.3) is 5.91 Å². The number of rotatable bonds is 11. The van der Waals surface area contributed by atoms with Crippen LogP contribution < -0.4 is 11.1 Å². The van der Waals surface area contributed by atoms with Crippen LogP contribution in [0.4, 0.5) is 5.13 Å². The molecule has 206 valence electrons. The Bertz CT molecular complexity index is 1400. The zero-order valence-corrected chi connectivity index (χ0v) is 22.7. The average Bonchev–Trinajstić information content (AvgIpc) is 3.51. The summed E-state index contributed by atoms with van der Waals surface area (Å²) in [6.45, 7) is -0.807. The number of fused-ring (bicyclic) bond motifs is 1. The molecule has 0 radical (unpaired) electrons. The van der Waals surface area contributed by atoms with Gasteiger partial charge in [-0.1, -0.05) is 22.8 Å². The van der Waals surface area contributed by atoms with Crippen molar-refractivity contribution in [1.29, 1.82) is 0 Å². The number of aromatic nitrogens is 5. The van der Waals surface area contributed by atoms with Gasteiger partial charge in [-0.2, -0.15) is 4.68 Å². The monoisotopic (exact) mass is 615 g/mol. The third kappa shape index (κ3) is 6.59. The highest BCUT2D eigenvalue weighted by Crippen LogP contribution is 2.41. The molecule has 1 fully saturated rings. The van der Waals surface area contributed by atoms with Crippen molar-refractivity contribution in [3.8, 4) is 12.3 Å². The van der Waals surface area contributed by atoms with E-state index >= 15 is 0 Å². The number of oxime groups is 1. The Morgan fingerprint density at radius 1 is 1.41 bits per heavy atom. The van der Waals surface area contributed by atoms with Gasteiger partial charge in [0.05, 0.1) is 11.8 Å². The molecule has 0 aliphatic carbocycles. The van der Waals surface area contributed by atoms with Gasteiger partial charge in [-0.3, -0.25) is 14.5 Å². The van der Waals surface area contributed by atoms with Crippen LogP contribution in [-0.2, 0) is 24.0 Å².